The Morgan fingerprint density at radius 1 is 1.14 bits per heavy atom. The molecule has 2 N–H and O–H groups in total. The van der Waals surface area contributed by atoms with Crippen molar-refractivity contribution in [3.63, 3.8) is 0 Å². The van der Waals surface area contributed by atoms with E-state index in [1.54, 1.807) is 42.4 Å². The zero-order valence-corrected chi connectivity index (χ0v) is 16.5. The Bertz CT molecular complexity index is 930. The quantitative estimate of drug-likeness (QED) is 0.631. The van der Waals surface area contributed by atoms with E-state index in [0.717, 1.165) is 5.56 Å². The van der Waals surface area contributed by atoms with Gasteiger partial charge in [-0.2, -0.15) is 0 Å². The fourth-order valence-electron chi connectivity index (χ4n) is 2.87. The lowest BCUT2D eigenvalue weighted by atomic mass is 10.1. The van der Waals surface area contributed by atoms with Crippen molar-refractivity contribution < 1.29 is 17.7 Å². The van der Waals surface area contributed by atoms with Crippen LogP contribution in [0.3, 0.4) is 0 Å². The Labute approximate surface area is 164 Å². The largest absolute Gasteiger partial charge is 0.355 e. The molecule has 0 unspecified atom stereocenters. The zero-order valence-electron chi connectivity index (χ0n) is 15.7. The minimum Gasteiger partial charge on any atom is -0.355 e. The summed E-state index contributed by atoms with van der Waals surface area (Å²) in [5.41, 5.74) is 0.244. The molecule has 0 radical (unpaired) electrons. The van der Waals surface area contributed by atoms with Crippen LogP contribution in [0, 0.1) is 0 Å². The summed E-state index contributed by atoms with van der Waals surface area (Å²) in [6, 6.07) is 10.9. The van der Waals surface area contributed by atoms with Gasteiger partial charge in [-0.25, -0.2) is 13.1 Å². The highest BCUT2D eigenvalue weighted by molar-refractivity contribution is 7.90. The van der Waals surface area contributed by atoms with Crippen LogP contribution in [0.5, 0.6) is 0 Å². The summed E-state index contributed by atoms with van der Waals surface area (Å²) in [6.07, 6.45) is 3.85. The van der Waals surface area contributed by atoms with Gasteiger partial charge < -0.3 is 19.6 Å². The molecule has 2 heterocycles. The van der Waals surface area contributed by atoms with Gasteiger partial charge in [0.15, 0.2) is 11.5 Å². The van der Waals surface area contributed by atoms with E-state index in [-0.39, 0.29) is 18.1 Å². The molecule has 1 amide bonds. The van der Waals surface area contributed by atoms with Crippen LogP contribution in [0.1, 0.15) is 16.9 Å². The lowest BCUT2D eigenvalue weighted by molar-refractivity contribution is 0.0944. The minimum atomic E-state index is -3.54. The van der Waals surface area contributed by atoms with Crippen LogP contribution in [0.15, 0.2) is 53.3 Å². The van der Waals surface area contributed by atoms with Crippen molar-refractivity contribution in [2.45, 2.75) is 11.9 Å². The molecule has 28 heavy (non-hydrogen) atoms. The van der Waals surface area contributed by atoms with E-state index in [1.807, 2.05) is 30.3 Å². The predicted molar refractivity (Wildman–Crippen MR) is 104 cm³/mol. The summed E-state index contributed by atoms with van der Waals surface area (Å²) >= 11 is 0. The molecule has 10 heteroatoms. The van der Waals surface area contributed by atoms with Crippen LogP contribution >= 0.6 is 0 Å². The Morgan fingerprint density at radius 3 is 2.50 bits per heavy atom. The smallest absolute Gasteiger partial charge is 0.273 e. The van der Waals surface area contributed by atoms with Crippen LogP contribution in [0.25, 0.3) is 11.3 Å². The first-order chi connectivity index (χ1) is 13.4. The molecule has 0 fully saturated rings. The molecular formula is C18H23N5O4S. The van der Waals surface area contributed by atoms with Crippen LogP contribution in [0.4, 0.5) is 0 Å². The molecule has 0 spiro atoms. The molecule has 1 aromatic heterocycles. The van der Waals surface area contributed by atoms with Crippen molar-refractivity contribution in [3.8, 4) is 11.3 Å². The second kappa shape index (κ2) is 8.44. The maximum Gasteiger partial charge on any atom is 0.273 e. The standard InChI is InChI=1S/C18H23N5O4S/c1-22-11-12-23(2)18(22)28(25,26)20-10-6-9-19-17(24)15-13-16(27-21-15)14-7-4-3-5-8-14/h3-5,7-8,11-13,18,20H,6,9-10H2,1-2H3,(H,19,24). The van der Waals surface area contributed by atoms with Crippen LogP contribution < -0.4 is 10.0 Å². The monoisotopic (exact) mass is 405 g/mol. The lowest BCUT2D eigenvalue weighted by Crippen LogP contribution is -2.47. The Balaban J connectivity index is 1.43. The number of nitrogens with zero attached hydrogens (tertiary/aromatic N) is 3. The highest BCUT2D eigenvalue weighted by atomic mass is 32.2. The number of benzene rings is 1. The van der Waals surface area contributed by atoms with Crippen molar-refractivity contribution in [2.24, 2.45) is 0 Å². The third-order valence-electron chi connectivity index (χ3n) is 4.25. The maximum absolute atomic E-state index is 12.4. The highest BCUT2D eigenvalue weighted by Crippen LogP contribution is 2.19. The summed E-state index contributed by atoms with van der Waals surface area (Å²) in [5, 5.41) is 6.49. The molecular weight excluding hydrogens is 382 g/mol. The van der Waals surface area contributed by atoms with E-state index in [1.165, 1.54) is 0 Å². The second-order valence-electron chi connectivity index (χ2n) is 6.45. The average Bonchev–Trinajstić information content (AvgIpc) is 3.29. The maximum atomic E-state index is 12.4. The normalized spacial score (nSPS) is 14.6. The van der Waals surface area contributed by atoms with E-state index in [2.05, 4.69) is 15.2 Å². The van der Waals surface area contributed by atoms with Crippen molar-refractivity contribution in [1.82, 2.24) is 25.0 Å². The number of hydrogen-bond acceptors (Lipinski definition) is 7. The molecule has 0 atom stereocenters. The molecule has 1 aromatic carbocycles. The van der Waals surface area contributed by atoms with Gasteiger partial charge in [-0.05, 0) is 6.42 Å². The summed E-state index contributed by atoms with van der Waals surface area (Å²) in [5.74, 6) is 0.144. The van der Waals surface area contributed by atoms with E-state index >= 15 is 0 Å². The van der Waals surface area contributed by atoms with Crippen LogP contribution in [-0.4, -0.2) is 62.0 Å². The van der Waals surface area contributed by atoms with Gasteiger partial charge in [0.2, 0.25) is 5.50 Å². The van der Waals surface area contributed by atoms with Crippen LogP contribution in [-0.2, 0) is 10.0 Å². The fraction of sp³-hybridized carbons (Fsp3) is 0.333. The number of rotatable bonds is 8. The molecule has 0 saturated carbocycles. The lowest BCUT2D eigenvalue weighted by Gasteiger charge is -2.27. The van der Waals surface area contributed by atoms with Crippen molar-refractivity contribution in [3.05, 3.63) is 54.5 Å². The zero-order chi connectivity index (χ0) is 20.1. The molecule has 150 valence electrons. The predicted octanol–water partition coefficient (Wildman–Crippen LogP) is 1.01. The van der Waals surface area contributed by atoms with E-state index < -0.39 is 15.5 Å². The summed E-state index contributed by atoms with van der Waals surface area (Å²) in [6.45, 7) is 0.526. The number of carbonyl (C=O) groups is 1. The summed E-state index contributed by atoms with van der Waals surface area (Å²) in [4.78, 5) is 15.4. The number of amides is 1. The first-order valence-electron chi connectivity index (χ1n) is 8.79. The first-order valence-corrected chi connectivity index (χ1v) is 10.3. The molecule has 0 aliphatic carbocycles. The molecule has 1 aliphatic rings. The number of hydrogen-bond donors (Lipinski definition) is 2. The third-order valence-corrected chi connectivity index (χ3v) is 6.08. The Kier molecular flexibility index (Phi) is 6.00. The number of nitrogens with one attached hydrogen (secondary N) is 2. The third kappa shape index (κ3) is 4.52. The molecule has 1 aliphatic heterocycles. The van der Waals surface area contributed by atoms with Gasteiger partial charge in [0.05, 0.1) is 0 Å². The summed E-state index contributed by atoms with van der Waals surface area (Å²) in [7, 11) is -0.139. The number of carbonyl (C=O) groups excluding carboxylic acids is 1. The molecule has 0 saturated heterocycles. The van der Waals surface area contributed by atoms with Gasteiger partial charge in [0.1, 0.15) is 0 Å². The average molecular weight is 405 g/mol. The SMILES string of the molecule is CN1C=CN(C)C1S(=O)(=O)NCCCNC(=O)c1cc(-c2ccccc2)on1. The van der Waals surface area contributed by atoms with Crippen molar-refractivity contribution in [2.75, 3.05) is 27.2 Å². The Morgan fingerprint density at radius 2 is 1.82 bits per heavy atom. The van der Waals surface area contributed by atoms with Gasteiger partial charge >= 0.3 is 0 Å². The molecule has 9 nitrogen and oxygen atoms in total. The van der Waals surface area contributed by atoms with Crippen molar-refractivity contribution in [1.29, 1.82) is 0 Å². The van der Waals surface area contributed by atoms with E-state index in [0.29, 0.717) is 18.7 Å². The highest BCUT2D eigenvalue weighted by Gasteiger charge is 2.33. The topological polar surface area (TPSA) is 108 Å². The molecule has 0 bridgehead atoms. The van der Waals surface area contributed by atoms with Gasteiger partial charge in [-0.1, -0.05) is 35.5 Å². The fourth-order valence-corrected chi connectivity index (χ4v) is 4.47. The van der Waals surface area contributed by atoms with Gasteiger partial charge in [-0.15, -0.1) is 0 Å². The van der Waals surface area contributed by atoms with E-state index in [9.17, 15) is 13.2 Å². The number of sulfonamides is 1. The van der Waals surface area contributed by atoms with Gasteiger partial charge in [-0.3, -0.25) is 4.79 Å². The van der Waals surface area contributed by atoms with Gasteiger partial charge in [0.25, 0.3) is 15.9 Å². The van der Waals surface area contributed by atoms with Crippen LogP contribution in [0.2, 0.25) is 0 Å². The first kappa shape index (κ1) is 19.9. The molecule has 3 rings (SSSR count). The Hall–Kier alpha value is -2.85. The minimum absolute atomic E-state index is 0.180. The summed E-state index contributed by atoms with van der Waals surface area (Å²) < 4.78 is 32.5. The number of aromatic nitrogens is 1. The van der Waals surface area contributed by atoms with Gasteiger partial charge in [0, 0.05) is 51.2 Å². The second-order valence-corrected chi connectivity index (χ2v) is 8.25. The van der Waals surface area contributed by atoms with Crippen molar-refractivity contribution >= 4 is 15.9 Å². The molecule has 2 aromatic rings. The van der Waals surface area contributed by atoms with E-state index in [4.69, 9.17) is 4.52 Å².